The second-order valence-electron chi connectivity index (χ2n) is 7.90. The molecule has 0 radical (unpaired) electrons. The minimum Gasteiger partial charge on any atom is -0.497 e. The predicted molar refractivity (Wildman–Crippen MR) is 122 cm³/mol. The minimum atomic E-state index is -0.779. The molecule has 1 aliphatic rings. The first-order valence-electron chi connectivity index (χ1n) is 10.9. The number of ether oxygens (including phenoxy) is 1. The number of hydrogen-bond acceptors (Lipinski definition) is 7. The SMILES string of the molecule is CCN/C=C(\C(=N)C1CCCCC1)C(=O)C(Nc1cccc(OC)c1)c1cc(C)on1. The molecule has 3 N–H and O–H groups in total. The van der Waals surface area contributed by atoms with E-state index in [1.54, 1.807) is 26.3 Å². The van der Waals surface area contributed by atoms with Crippen molar-refractivity contribution in [3.8, 4) is 5.75 Å². The lowest BCUT2D eigenvalue weighted by Gasteiger charge is -2.25. The highest BCUT2D eigenvalue weighted by Gasteiger charge is 2.32. The normalized spacial score (nSPS) is 15.9. The van der Waals surface area contributed by atoms with Crippen molar-refractivity contribution in [3.63, 3.8) is 0 Å². The van der Waals surface area contributed by atoms with Crippen molar-refractivity contribution >= 4 is 17.2 Å². The number of hydrogen-bond donors (Lipinski definition) is 3. The van der Waals surface area contributed by atoms with Gasteiger partial charge >= 0.3 is 0 Å². The molecule has 1 aliphatic carbocycles. The summed E-state index contributed by atoms with van der Waals surface area (Å²) in [6, 6.07) is 8.38. The highest BCUT2D eigenvalue weighted by Crippen LogP contribution is 2.30. The second kappa shape index (κ2) is 10.8. The molecule has 0 amide bonds. The number of aromatic nitrogens is 1. The van der Waals surface area contributed by atoms with Crippen molar-refractivity contribution in [2.24, 2.45) is 5.92 Å². The fourth-order valence-electron chi connectivity index (χ4n) is 3.93. The molecule has 166 valence electrons. The van der Waals surface area contributed by atoms with E-state index in [0.29, 0.717) is 35.0 Å². The first kappa shape index (κ1) is 22.6. The summed E-state index contributed by atoms with van der Waals surface area (Å²) in [6.07, 6.45) is 6.99. The molecule has 1 saturated carbocycles. The van der Waals surface area contributed by atoms with Crippen LogP contribution in [-0.2, 0) is 4.79 Å². The fraction of sp³-hybridized carbons (Fsp3) is 0.458. The van der Waals surface area contributed by atoms with E-state index in [4.69, 9.17) is 14.7 Å². The van der Waals surface area contributed by atoms with Gasteiger partial charge in [0.15, 0.2) is 5.78 Å². The van der Waals surface area contributed by atoms with E-state index in [-0.39, 0.29) is 11.7 Å². The van der Waals surface area contributed by atoms with E-state index in [1.807, 2.05) is 31.2 Å². The van der Waals surface area contributed by atoms with Crippen LogP contribution in [0.1, 0.15) is 56.5 Å². The van der Waals surface area contributed by atoms with E-state index in [2.05, 4.69) is 15.8 Å². The summed E-state index contributed by atoms with van der Waals surface area (Å²) in [4.78, 5) is 13.8. The van der Waals surface area contributed by atoms with Gasteiger partial charge in [0.25, 0.3) is 0 Å². The average Bonchev–Trinajstić information content (AvgIpc) is 3.24. The van der Waals surface area contributed by atoms with Gasteiger partial charge in [-0.1, -0.05) is 30.5 Å². The van der Waals surface area contributed by atoms with Crippen LogP contribution in [0.15, 0.2) is 46.6 Å². The molecule has 31 heavy (non-hydrogen) atoms. The van der Waals surface area contributed by atoms with Gasteiger partial charge in [0.1, 0.15) is 23.2 Å². The van der Waals surface area contributed by atoms with Crippen LogP contribution in [0, 0.1) is 18.3 Å². The van der Waals surface area contributed by atoms with Crippen LogP contribution in [0.25, 0.3) is 0 Å². The van der Waals surface area contributed by atoms with Crippen molar-refractivity contribution in [1.82, 2.24) is 10.5 Å². The molecule has 0 saturated heterocycles. The summed E-state index contributed by atoms with van der Waals surface area (Å²) >= 11 is 0. The van der Waals surface area contributed by atoms with Gasteiger partial charge < -0.3 is 25.3 Å². The lowest BCUT2D eigenvalue weighted by Crippen LogP contribution is -2.31. The molecule has 7 nitrogen and oxygen atoms in total. The lowest BCUT2D eigenvalue weighted by atomic mass is 9.81. The van der Waals surface area contributed by atoms with Gasteiger partial charge in [0.05, 0.1) is 12.7 Å². The Kier molecular flexibility index (Phi) is 7.87. The highest BCUT2D eigenvalue weighted by atomic mass is 16.5. The number of rotatable bonds is 10. The number of nitrogens with zero attached hydrogens (tertiary/aromatic N) is 1. The Bertz CT molecular complexity index is 928. The van der Waals surface area contributed by atoms with E-state index in [0.717, 1.165) is 31.4 Å². The molecular weight excluding hydrogens is 392 g/mol. The molecule has 1 fully saturated rings. The Hall–Kier alpha value is -3.09. The lowest BCUT2D eigenvalue weighted by molar-refractivity contribution is -0.116. The fourth-order valence-corrected chi connectivity index (χ4v) is 3.93. The van der Waals surface area contributed by atoms with E-state index < -0.39 is 6.04 Å². The van der Waals surface area contributed by atoms with Crippen LogP contribution in [0.4, 0.5) is 5.69 Å². The van der Waals surface area contributed by atoms with E-state index >= 15 is 0 Å². The molecule has 1 atom stereocenters. The molecule has 0 bridgehead atoms. The number of benzene rings is 1. The van der Waals surface area contributed by atoms with Gasteiger partial charge in [-0.05, 0) is 38.8 Å². The van der Waals surface area contributed by atoms with Gasteiger partial charge in [0, 0.05) is 42.2 Å². The van der Waals surface area contributed by atoms with Gasteiger partial charge in [0.2, 0.25) is 0 Å². The maximum Gasteiger partial charge on any atom is 0.194 e. The number of anilines is 1. The highest BCUT2D eigenvalue weighted by molar-refractivity contribution is 6.24. The molecule has 1 aromatic carbocycles. The molecule has 3 rings (SSSR count). The Balaban J connectivity index is 1.94. The van der Waals surface area contributed by atoms with Crippen LogP contribution >= 0.6 is 0 Å². The van der Waals surface area contributed by atoms with Gasteiger partial charge in [-0.3, -0.25) is 4.79 Å². The summed E-state index contributed by atoms with van der Waals surface area (Å²) in [5, 5.41) is 19.3. The molecule has 7 heteroatoms. The summed E-state index contributed by atoms with van der Waals surface area (Å²) < 4.78 is 10.6. The first-order chi connectivity index (χ1) is 15.0. The Morgan fingerprint density at radius 2 is 2.10 bits per heavy atom. The molecular formula is C24H32N4O3. The number of carbonyl (C=O) groups excluding carboxylic acids is 1. The third-order valence-electron chi connectivity index (χ3n) is 5.60. The van der Waals surface area contributed by atoms with Gasteiger partial charge in [-0.2, -0.15) is 0 Å². The monoisotopic (exact) mass is 424 g/mol. The Morgan fingerprint density at radius 1 is 1.32 bits per heavy atom. The van der Waals surface area contributed by atoms with E-state index in [1.165, 1.54) is 6.42 Å². The van der Waals surface area contributed by atoms with Gasteiger partial charge in [-0.25, -0.2) is 0 Å². The van der Waals surface area contributed by atoms with Crippen LogP contribution < -0.4 is 15.4 Å². The summed E-state index contributed by atoms with van der Waals surface area (Å²) in [5.74, 6) is 1.22. The maximum absolute atomic E-state index is 13.8. The van der Waals surface area contributed by atoms with Crippen molar-refractivity contribution in [1.29, 1.82) is 5.41 Å². The minimum absolute atomic E-state index is 0.110. The third kappa shape index (κ3) is 5.75. The summed E-state index contributed by atoms with van der Waals surface area (Å²) in [6.45, 7) is 4.44. The number of Topliss-reactive ketones (excluding diaryl/α,β-unsaturated/α-hetero) is 1. The number of methoxy groups -OCH3 is 1. The molecule has 1 aromatic heterocycles. The largest absolute Gasteiger partial charge is 0.497 e. The van der Waals surface area contributed by atoms with Crippen LogP contribution in [0.3, 0.4) is 0 Å². The standard InChI is InChI=1S/C24H32N4O3/c1-4-26-15-20(22(25)17-9-6-5-7-10-17)24(29)23(21-13-16(2)31-28-21)27-18-11-8-12-19(14-18)30-3/h8,11-15,17,23,25-27H,4-7,9-10H2,1-3H3/b20-15+,25-22?. The van der Waals surface area contributed by atoms with Gasteiger partial charge in [-0.15, -0.1) is 0 Å². The smallest absolute Gasteiger partial charge is 0.194 e. The van der Waals surface area contributed by atoms with Crippen molar-refractivity contribution in [2.75, 3.05) is 19.0 Å². The zero-order chi connectivity index (χ0) is 22.2. The molecule has 2 aromatic rings. The second-order valence-corrected chi connectivity index (χ2v) is 7.90. The average molecular weight is 425 g/mol. The molecule has 0 aliphatic heterocycles. The predicted octanol–water partition coefficient (Wildman–Crippen LogP) is 4.81. The Labute approximate surface area is 183 Å². The van der Waals surface area contributed by atoms with E-state index in [9.17, 15) is 4.79 Å². The summed E-state index contributed by atoms with van der Waals surface area (Å²) in [5.41, 5.74) is 2.02. The third-order valence-corrected chi connectivity index (χ3v) is 5.60. The summed E-state index contributed by atoms with van der Waals surface area (Å²) in [7, 11) is 1.60. The maximum atomic E-state index is 13.8. The topological polar surface area (TPSA) is 100 Å². The molecule has 1 heterocycles. The molecule has 1 unspecified atom stereocenters. The van der Waals surface area contributed by atoms with Crippen LogP contribution in [0.5, 0.6) is 5.75 Å². The van der Waals surface area contributed by atoms with Crippen molar-refractivity contribution < 1.29 is 14.1 Å². The number of carbonyl (C=O) groups is 1. The quantitative estimate of drug-likeness (QED) is 0.374. The number of nitrogens with one attached hydrogen (secondary N) is 3. The van der Waals surface area contributed by atoms with Crippen LogP contribution in [-0.4, -0.2) is 30.3 Å². The number of ketones is 1. The zero-order valence-corrected chi connectivity index (χ0v) is 18.5. The van der Waals surface area contributed by atoms with Crippen molar-refractivity contribution in [2.45, 2.75) is 52.0 Å². The first-order valence-corrected chi connectivity index (χ1v) is 10.9. The Morgan fingerprint density at radius 3 is 2.74 bits per heavy atom. The zero-order valence-electron chi connectivity index (χ0n) is 18.5. The molecule has 0 spiro atoms. The number of aryl methyl sites for hydroxylation is 1. The van der Waals surface area contributed by atoms with Crippen LogP contribution in [0.2, 0.25) is 0 Å². The van der Waals surface area contributed by atoms with Crippen molar-refractivity contribution in [3.05, 3.63) is 53.6 Å².